The average molecular weight is 312 g/mol. The lowest BCUT2D eigenvalue weighted by Crippen LogP contribution is -2.46. The van der Waals surface area contributed by atoms with Crippen molar-refractivity contribution in [3.63, 3.8) is 0 Å². The largest absolute Gasteiger partial charge is 0.465 e. The van der Waals surface area contributed by atoms with Crippen LogP contribution in [0.2, 0.25) is 0 Å². The number of nitrogens with one attached hydrogen (secondary N) is 2. The maximum absolute atomic E-state index is 12.5. The Morgan fingerprint density at radius 2 is 2.10 bits per heavy atom. The zero-order valence-electron chi connectivity index (χ0n) is 12.1. The highest BCUT2D eigenvalue weighted by molar-refractivity contribution is 7.89. The van der Waals surface area contributed by atoms with Gasteiger partial charge in [0.25, 0.3) is 0 Å². The molecule has 1 saturated heterocycles. The van der Waals surface area contributed by atoms with E-state index in [1.807, 2.05) is 6.92 Å². The predicted octanol–water partition coefficient (Wildman–Crippen LogP) is 0.892. The van der Waals surface area contributed by atoms with Crippen molar-refractivity contribution in [2.45, 2.75) is 36.7 Å². The van der Waals surface area contributed by atoms with Crippen molar-refractivity contribution in [2.24, 2.45) is 0 Å². The third kappa shape index (κ3) is 3.81. The molecule has 116 valence electrons. The number of benzene rings is 1. The fourth-order valence-electron chi connectivity index (χ4n) is 2.50. The SMILES string of the molecule is COC(=O)c1ccccc1S(=O)(=O)NC1CCNC(C)C1. The van der Waals surface area contributed by atoms with Crippen LogP contribution in [0.4, 0.5) is 0 Å². The van der Waals surface area contributed by atoms with Gasteiger partial charge in [-0.1, -0.05) is 12.1 Å². The molecule has 2 N–H and O–H groups in total. The monoisotopic (exact) mass is 312 g/mol. The van der Waals surface area contributed by atoms with Gasteiger partial charge in [0.1, 0.15) is 0 Å². The molecule has 1 aromatic rings. The van der Waals surface area contributed by atoms with Gasteiger partial charge in [-0.15, -0.1) is 0 Å². The minimum Gasteiger partial charge on any atom is -0.465 e. The van der Waals surface area contributed by atoms with Crippen LogP contribution in [0.15, 0.2) is 29.2 Å². The first kappa shape index (κ1) is 15.9. The van der Waals surface area contributed by atoms with Gasteiger partial charge < -0.3 is 10.1 Å². The number of carbonyl (C=O) groups excluding carboxylic acids is 1. The van der Waals surface area contributed by atoms with E-state index >= 15 is 0 Å². The van der Waals surface area contributed by atoms with Crippen LogP contribution >= 0.6 is 0 Å². The van der Waals surface area contributed by atoms with Gasteiger partial charge in [-0.3, -0.25) is 0 Å². The summed E-state index contributed by atoms with van der Waals surface area (Å²) in [7, 11) is -2.52. The van der Waals surface area contributed by atoms with Crippen LogP contribution in [-0.4, -0.2) is 40.1 Å². The van der Waals surface area contributed by atoms with Crippen molar-refractivity contribution in [1.82, 2.24) is 10.0 Å². The second-order valence-electron chi connectivity index (χ2n) is 5.19. The van der Waals surface area contributed by atoms with E-state index in [-0.39, 0.29) is 22.5 Å². The van der Waals surface area contributed by atoms with Gasteiger partial charge in [-0.05, 0) is 38.4 Å². The minimum absolute atomic E-state index is 0.0389. The molecule has 21 heavy (non-hydrogen) atoms. The molecule has 0 radical (unpaired) electrons. The lowest BCUT2D eigenvalue weighted by Gasteiger charge is -2.28. The van der Waals surface area contributed by atoms with Crippen molar-refractivity contribution >= 4 is 16.0 Å². The number of methoxy groups -OCH3 is 1. The zero-order chi connectivity index (χ0) is 15.5. The van der Waals surface area contributed by atoms with Crippen LogP contribution in [-0.2, 0) is 14.8 Å². The maximum Gasteiger partial charge on any atom is 0.339 e. The fraction of sp³-hybridized carbons (Fsp3) is 0.500. The van der Waals surface area contributed by atoms with E-state index in [4.69, 9.17) is 0 Å². The first-order valence-corrected chi connectivity index (χ1v) is 8.35. The third-order valence-corrected chi connectivity index (χ3v) is 5.11. The summed E-state index contributed by atoms with van der Waals surface area (Å²) in [5.41, 5.74) is 0.0504. The number of hydrogen-bond donors (Lipinski definition) is 2. The van der Waals surface area contributed by atoms with E-state index in [0.717, 1.165) is 19.4 Å². The number of piperidine rings is 1. The number of sulfonamides is 1. The van der Waals surface area contributed by atoms with Crippen LogP contribution in [0, 0.1) is 0 Å². The summed E-state index contributed by atoms with van der Waals surface area (Å²) in [5.74, 6) is -0.658. The molecule has 1 aliphatic rings. The fourth-order valence-corrected chi connectivity index (χ4v) is 3.98. The molecule has 2 atom stereocenters. The van der Waals surface area contributed by atoms with Crippen LogP contribution in [0.25, 0.3) is 0 Å². The summed E-state index contributed by atoms with van der Waals surface area (Å²) < 4.78 is 32.3. The van der Waals surface area contributed by atoms with E-state index in [2.05, 4.69) is 14.8 Å². The minimum atomic E-state index is -3.75. The van der Waals surface area contributed by atoms with Crippen LogP contribution in [0.1, 0.15) is 30.1 Å². The molecule has 0 saturated carbocycles. The Hall–Kier alpha value is -1.44. The van der Waals surface area contributed by atoms with Gasteiger partial charge in [-0.25, -0.2) is 17.9 Å². The Balaban J connectivity index is 2.25. The van der Waals surface area contributed by atoms with Gasteiger partial charge in [-0.2, -0.15) is 0 Å². The lowest BCUT2D eigenvalue weighted by molar-refractivity contribution is 0.0596. The molecule has 7 heteroatoms. The van der Waals surface area contributed by atoms with Gasteiger partial charge >= 0.3 is 5.97 Å². The molecule has 6 nitrogen and oxygen atoms in total. The normalized spacial score (nSPS) is 22.8. The van der Waals surface area contributed by atoms with E-state index in [9.17, 15) is 13.2 Å². The van der Waals surface area contributed by atoms with Crippen molar-refractivity contribution in [2.75, 3.05) is 13.7 Å². The molecular formula is C14H20N2O4S. The van der Waals surface area contributed by atoms with E-state index in [0.29, 0.717) is 0 Å². The quantitative estimate of drug-likeness (QED) is 0.807. The summed E-state index contributed by atoms with van der Waals surface area (Å²) in [5, 5.41) is 3.27. The summed E-state index contributed by atoms with van der Waals surface area (Å²) >= 11 is 0. The highest BCUT2D eigenvalue weighted by atomic mass is 32.2. The first-order chi connectivity index (χ1) is 9.94. The van der Waals surface area contributed by atoms with Gasteiger partial charge in [0.05, 0.1) is 17.6 Å². The van der Waals surface area contributed by atoms with Crippen LogP contribution in [0.3, 0.4) is 0 Å². The molecule has 1 fully saturated rings. The Kier molecular flexibility index (Phi) is 4.97. The van der Waals surface area contributed by atoms with Crippen molar-refractivity contribution in [3.8, 4) is 0 Å². The Bertz CT molecular complexity index is 615. The molecule has 0 aliphatic carbocycles. The van der Waals surface area contributed by atoms with Crippen molar-refractivity contribution in [3.05, 3.63) is 29.8 Å². The third-order valence-electron chi connectivity index (χ3n) is 3.53. The molecule has 0 amide bonds. The van der Waals surface area contributed by atoms with Crippen LogP contribution < -0.4 is 10.0 Å². The molecule has 1 aromatic carbocycles. The standard InChI is InChI=1S/C14H20N2O4S/c1-10-9-11(7-8-15-10)16-21(18,19)13-6-4-3-5-12(13)14(17)20-2/h3-6,10-11,15-16H,7-9H2,1-2H3. The Morgan fingerprint density at radius 1 is 1.38 bits per heavy atom. The summed E-state index contributed by atoms with van der Waals surface area (Å²) in [6.45, 7) is 2.79. The van der Waals surface area contributed by atoms with Crippen molar-refractivity contribution in [1.29, 1.82) is 0 Å². The molecule has 1 heterocycles. The number of rotatable bonds is 4. The molecular weight excluding hydrogens is 292 g/mol. The maximum atomic E-state index is 12.5. The predicted molar refractivity (Wildman–Crippen MR) is 78.6 cm³/mol. The second kappa shape index (κ2) is 6.55. The Labute approximate surface area is 124 Å². The smallest absolute Gasteiger partial charge is 0.339 e. The van der Waals surface area contributed by atoms with Crippen molar-refractivity contribution < 1.29 is 17.9 Å². The zero-order valence-corrected chi connectivity index (χ0v) is 12.9. The van der Waals surface area contributed by atoms with E-state index in [1.165, 1.54) is 19.2 Å². The summed E-state index contributed by atoms with van der Waals surface area (Å²) in [4.78, 5) is 11.7. The molecule has 0 aromatic heterocycles. The average Bonchev–Trinajstić information content (AvgIpc) is 2.46. The number of hydrogen-bond acceptors (Lipinski definition) is 5. The molecule has 2 unspecified atom stereocenters. The van der Waals surface area contributed by atoms with Gasteiger partial charge in [0.2, 0.25) is 10.0 Å². The summed E-state index contributed by atoms with van der Waals surface area (Å²) in [6, 6.07) is 6.20. The Morgan fingerprint density at radius 3 is 2.76 bits per heavy atom. The number of carbonyl (C=O) groups is 1. The highest BCUT2D eigenvalue weighted by Crippen LogP contribution is 2.18. The molecule has 2 rings (SSSR count). The van der Waals surface area contributed by atoms with Gasteiger partial charge in [0.15, 0.2) is 0 Å². The first-order valence-electron chi connectivity index (χ1n) is 6.87. The topological polar surface area (TPSA) is 84.5 Å². The van der Waals surface area contributed by atoms with E-state index in [1.54, 1.807) is 12.1 Å². The molecule has 0 spiro atoms. The summed E-state index contributed by atoms with van der Waals surface area (Å²) in [6.07, 6.45) is 1.45. The number of esters is 1. The molecule has 0 bridgehead atoms. The van der Waals surface area contributed by atoms with Gasteiger partial charge in [0, 0.05) is 12.1 Å². The molecule has 1 aliphatic heterocycles. The van der Waals surface area contributed by atoms with E-state index < -0.39 is 16.0 Å². The highest BCUT2D eigenvalue weighted by Gasteiger charge is 2.27. The second-order valence-corrected chi connectivity index (χ2v) is 6.87. The van der Waals surface area contributed by atoms with Crippen LogP contribution in [0.5, 0.6) is 0 Å². The lowest BCUT2D eigenvalue weighted by atomic mass is 10.0. The number of ether oxygens (including phenoxy) is 1.